The van der Waals surface area contributed by atoms with E-state index in [2.05, 4.69) is 46.5 Å². The molecule has 4 nitrogen and oxygen atoms in total. The molecule has 0 atom stereocenters. The van der Waals surface area contributed by atoms with Crippen LogP contribution in [-0.4, -0.2) is 21.7 Å². The fraction of sp³-hybridized carbons (Fsp3) is 0.235. The van der Waals surface area contributed by atoms with E-state index < -0.39 is 0 Å². The van der Waals surface area contributed by atoms with Gasteiger partial charge in [-0.25, -0.2) is 0 Å². The predicted molar refractivity (Wildman–Crippen MR) is 86.3 cm³/mol. The van der Waals surface area contributed by atoms with E-state index in [0.717, 1.165) is 46.4 Å². The van der Waals surface area contributed by atoms with Crippen molar-refractivity contribution in [3.63, 3.8) is 0 Å². The van der Waals surface area contributed by atoms with Gasteiger partial charge in [0.05, 0.1) is 0 Å². The summed E-state index contributed by atoms with van der Waals surface area (Å²) in [5, 5.41) is 14.3. The second-order valence-electron chi connectivity index (χ2n) is 5.06. The first-order valence-corrected chi connectivity index (χ1v) is 7.21. The first kappa shape index (κ1) is 13.5. The van der Waals surface area contributed by atoms with Gasteiger partial charge in [-0.1, -0.05) is 31.2 Å². The zero-order chi connectivity index (χ0) is 14.7. The molecule has 1 N–H and O–H groups in total. The molecule has 4 heteroatoms. The molecule has 3 aromatic rings. The summed E-state index contributed by atoms with van der Waals surface area (Å²) in [5.41, 5.74) is 3.07. The van der Waals surface area contributed by atoms with Crippen molar-refractivity contribution in [2.75, 3.05) is 11.9 Å². The maximum Gasteiger partial charge on any atom is 0.156 e. The van der Waals surface area contributed by atoms with E-state index in [0.29, 0.717) is 0 Å². The molecule has 0 spiro atoms. The summed E-state index contributed by atoms with van der Waals surface area (Å²) in [7, 11) is 0. The Balaban J connectivity index is 2.20. The largest absolute Gasteiger partial charge is 0.368 e. The van der Waals surface area contributed by atoms with Gasteiger partial charge >= 0.3 is 0 Å². The van der Waals surface area contributed by atoms with Crippen molar-refractivity contribution in [1.82, 2.24) is 15.2 Å². The molecule has 0 fully saturated rings. The molecule has 0 saturated carbocycles. The fourth-order valence-corrected chi connectivity index (χ4v) is 2.39. The molecule has 0 amide bonds. The number of nitrogens with zero attached hydrogens (tertiary/aromatic N) is 3. The van der Waals surface area contributed by atoms with E-state index in [1.54, 1.807) is 6.20 Å². The molecule has 106 valence electrons. The molecular formula is C17H18N4. The van der Waals surface area contributed by atoms with E-state index in [4.69, 9.17) is 0 Å². The zero-order valence-electron chi connectivity index (χ0n) is 12.3. The number of nitrogens with one attached hydrogen (secondary N) is 1. The van der Waals surface area contributed by atoms with Gasteiger partial charge in [-0.2, -0.15) is 0 Å². The van der Waals surface area contributed by atoms with Gasteiger partial charge in [0.2, 0.25) is 0 Å². The molecule has 0 aliphatic rings. The number of pyridine rings is 1. The Morgan fingerprint density at radius 1 is 1.05 bits per heavy atom. The highest BCUT2D eigenvalue weighted by molar-refractivity contribution is 6.00. The van der Waals surface area contributed by atoms with Gasteiger partial charge in [-0.05, 0) is 25.0 Å². The minimum atomic E-state index is 0.845. The van der Waals surface area contributed by atoms with Crippen LogP contribution in [0.25, 0.3) is 22.0 Å². The second kappa shape index (κ2) is 5.87. The first-order chi connectivity index (χ1) is 10.3. The Bertz CT molecular complexity index is 768. The zero-order valence-corrected chi connectivity index (χ0v) is 12.3. The van der Waals surface area contributed by atoms with Crippen LogP contribution in [0.5, 0.6) is 0 Å². The Morgan fingerprint density at radius 2 is 1.86 bits per heavy atom. The van der Waals surface area contributed by atoms with Crippen molar-refractivity contribution < 1.29 is 0 Å². The number of anilines is 1. The maximum absolute atomic E-state index is 4.44. The summed E-state index contributed by atoms with van der Waals surface area (Å²) in [6, 6.07) is 10.2. The molecule has 0 unspecified atom stereocenters. The Hall–Kier alpha value is -2.49. The van der Waals surface area contributed by atoms with Crippen LogP contribution >= 0.6 is 0 Å². The standard InChI is InChI=1S/C17H18N4/c1-3-9-19-17-14-7-5-4-6-13(14)16(20-21-17)15-11-18-10-8-12(15)2/h4-8,10-11H,3,9H2,1-2H3,(H,19,21). The maximum atomic E-state index is 4.44. The van der Waals surface area contributed by atoms with E-state index in [9.17, 15) is 0 Å². The summed E-state index contributed by atoms with van der Waals surface area (Å²) in [4.78, 5) is 4.22. The third-order valence-corrected chi connectivity index (χ3v) is 3.52. The van der Waals surface area contributed by atoms with Crippen molar-refractivity contribution >= 4 is 16.6 Å². The first-order valence-electron chi connectivity index (χ1n) is 7.21. The lowest BCUT2D eigenvalue weighted by Crippen LogP contribution is -2.05. The normalized spacial score (nSPS) is 10.8. The van der Waals surface area contributed by atoms with Gasteiger partial charge in [0, 0.05) is 35.3 Å². The van der Waals surface area contributed by atoms with Gasteiger partial charge in [-0.15, -0.1) is 10.2 Å². The summed E-state index contributed by atoms with van der Waals surface area (Å²) in [5.74, 6) is 0.845. The Labute approximate surface area is 124 Å². The third kappa shape index (κ3) is 2.57. The molecule has 1 aromatic carbocycles. The van der Waals surface area contributed by atoms with Crippen molar-refractivity contribution in [1.29, 1.82) is 0 Å². The van der Waals surface area contributed by atoms with Crippen LogP contribution in [0.2, 0.25) is 0 Å². The van der Waals surface area contributed by atoms with E-state index >= 15 is 0 Å². The molecule has 0 aliphatic heterocycles. The quantitative estimate of drug-likeness (QED) is 0.788. The van der Waals surface area contributed by atoms with Crippen LogP contribution in [0, 0.1) is 6.92 Å². The van der Waals surface area contributed by atoms with Crippen molar-refractivity contribution in [2.45, 2.75) is 20.3 Å². The topological polar surface area (TPSA) is 50.7 Å². The predicted octanol–water partition coefficient (Wildman–Crippen LogP) is 3.82. The molecular weight excluding hydrogens is 260 g/mol. The number of hydrogen-bond donors (Lipinski definition) is 1. The van der Waals surface area contributed by atoms with Gasteiger partial charge in [-0.3, -0.25) is 4.98 Å². The summed E-state index contributed by atoms with van der Waals surface area (Å²) in [6.45, 7) is 5.09. The molecule has 3 rings (SSSR count). The second-order valence-corrected chi connectivity index (χ2v) is 5.06. The minimum Gasteiger partial charge on any atom is -0.368 e. The number of rotatable bonds is 4. The van der Waals surface area contributed by atoms with E-state index in [1.807, 2.05) is 24.4 Å². The van der Waals surface area contributed by atoms with Crippen LogP contribution in [0.4, 0.5) is 5.82 Å². The fourth-order valence-electron chi connectivity index (χ4n) is 2.39. The summed E-state index contributed by atoms with van der Waals surface area (Å²) >= 11 is 0. The lowest BCUT2D eigenvalue weighted by atomic mass is 10.0. The van der Waals surface area contributed by atoms with Crippen LogP contribution in [0.1, 0.15) is 18.9 Å². The highest BCUT2D eigenvalue weighted by atomic mass is 15.2. The molecule has 2 aromatic heterocycles. The average molecular weight is 278 g/mol. The van der Waals surface area contributed by atoms with Crippen molar-refractivity contribution in [3.05, 3.63) is 48.3 Å². The number of hydrogen-bond acceptors (Lipinski definition) is 4. The smallest absolute Gasteiger partial charge is 0.156 e. The average Bonchev–Trinajstić information content (AvgIpc) is 2.53. The molecule has 0 bridgehead atoms. The number of aromatic nitrogens is 3. The highest BCUT2D eigenvalue weighted by Gasteiger charge is 2.12. The summed E-state index contributed by atoms with van der Waals surface area (Å²) < 4.78 is 0. The third-order valence-electron chi connectivity index (χ3n) is 3.52. The lowest BCUT2D eigenvalue weighted by molar-refractivity contribution is 0.952. The lowest BCUT2D eigenvalue weighted by Gasteiger charge is -2.11. The van der Waals surface area contributed by atoms with Gasteiger partial charge in [0.1, 0.15) is 5.69 Å². The molecule has 21 heavy (non-hydrogen) atoms. The SMILES string of the molecule is CCCNc1nnc(-c2cnccc2C)c2ccccc12. The number of benzene rings is 1. The van der Waals surface area contributed by atoms with Gasteiger partial charge in [0.25, 0.3) is 0 Å². The minimum absolute atomic E-state index is 0.845. The molecule has 0 aliphatic carbocycles. The van der Waals surface area contributed by atoms with Crippen LogP contribution < -0.4 is 5.32 Å². The Kier molecular flexibility index (Phi) is 3.77. The van der Waals surface area contributed by atoms with Crippen LogP contribution in [0.3, 0.4) is 0 Å². The van der Waals surface area contributed by atoms with Crippen molar-refractivity contribution in [2.24, 2.45) is 0 Å². The molecule has 0 saturated heterocycles. The highest BCUT2D eigenvalue weighted by Crippen LogP contribution is 2.30. The van der Waals surface area contributed by atoms with Crippen LogP contribution in [-0.2, 0) is 0 Å². The van der Waals surface area contributed by atoms with E-state index in [1.165, 1.54) is 0 Å². The molecule has 2 heterocycles. The van der Waals surface area contributed by atoms with Crippen LogP contribution in [0.15, 0.2) is 42.7 Å². The number of aryl methyl sites for hydroxylation is 1. The number of fused-ring (bicyclic) bond motifs is 1. The monoisotopic (exact) mass is 278 g/mol. The Morgan fingerprint density at radius 3 is 2.62 bits per heavy atom. The van der Waals surface area contributed by atoms with E-state index in [-0.39, 0.29) is 0 Å². The van der Waals surface area contributed by atoms with Gasteiger partial charge in [0.15, 0.2) is 5.82 Å². The van der Waals surface area contributed by atoms with Crippen molar-refractivity contribution in [3.8, 4) is 11.3 Å². The summed E-state index contributed by atoms with van der Waals surface area (Å²) in [6.07, 6.45) is 4.70. The van der Waals surface area contributed by atoms with Gasteiger partial charge < -0.3 is 5.32 Å². The molecule has 0 radical (unpaired) electrons.